The van der Waals surface area contributed by atoms with Gasteiger partial charge in [0.25, 0.3) is 5.91 Å². The monoisotopic (exact) mass is 443 g/mol. The Hall–Kier alpha value is -3.00. The van der Waals surface area contributed by atoms with Crippen LogP contribution in [0.1, 0.15) is 41.7 Å². The predicted molar refractivity (Wildman–Crippen MR) is 122 cm³/mol. The molecule has 2 heterocycles. The van der Waals surface area contributed by atoms with Crippen molar-refractivity contribution in [2.45, 2.75) is 34.2 Å². The van der Waals surface area contributed by atoms with Crippen LogP contribution in [-0.4, -0.2) is 35.3 Å². The van der Waals surface area contributed by atoms with Crippen LogP contribution >= 0.6 is 11.3 Å². The second kappa shape index (κ2) is 10.3. The Morgan fingerprint density at radius 3 is 2.29 bits per heavy atom. The molecule has 0 fully saturated rings. The minimum absolute atomic E-state index is 0.153. The van der Waals surface area contributed by atoms with E-state index in [1.54, 1.807) is 0 Å². The van der Waals surface area contributed by atoms with Gasteiger partial charge in [0.1, 0.15) is 9.88 Å². The maximum atomic E-state index is 12.9. The number of benzene rings is 1. The van der Waals surface area contributed by atoms with Gasteiger partial charge in [0.2, 0.25) is 5.75 Å². The molecular weight excluding hydrogens is 414 g/mol. The lowest BCUT2D eigenvalue weighted by atomic mass is 10.1. The molecule has 8 heteroatoms. The van der Waals surface area contributed by atoms with E-state index >= 15 is 0 Å². The summed E-state index contributed by atoms with van der Waals surface area (Å²) in [5.74, 6) is 1.66. The molecule has 0 aliphatic rings. The van der Waals surface area contributed by atoms with E-state index in [0.29, 0.717) is 48.5 Å². The second-order valence-corrected chi connectivity index (χ2v) is 7.84. The van der Waals surface area contributed by atoms with Crippen molar-refractivity contribution in [3.05, 3.63) is 46.6 Å². The smallest absolute Gasteiger partial charge is 0.263 e. The minimum Gasteiger partial charge on any atom is -0.490 e. The van der Waals surface area contributed by atoms with E-state index in [9.17, 15) is 4.79 Å². The molecule has 31 heavy (non-hydrogen) atoms. The molecule has 2 aromatic heterocycles. The molecule has 0 bridgehead atoms. The normalized spacial score (nSPS) is 10.7. The Balaban J connectivity index is 1.79. The van der Waals surface area contributed by atoms with E-state index in [4.69, 9.17) is 14.2 Å². The third kappa shape index (κ3) is 5.19. The Kier molecular flexibility index (Phi) is 7.57. The molecule has 0 saturated carbocycles. The fourth-order valence-electron chi connectivity index (χ4n) is 3.21. The number of aromatic nitrogens is 2. The molecule has 166 valence electrons. The molecule has 1 amide bonds. The van der Waals surface area contributed by atoms with Crippen LogP contribution in [0.2, 0.25) is 0 Å². The maximum absolute atomic E-state index is 12.9. The summed E-state index contributed by atoms with van der Waals surface area (Å²) in [4.78, 5) is 18.1. The van der Waals surface area contributed by atoms with Crippen LogP contribution in [0.25, 0.3) is 10.7 Å². The lowest BCUT2D eigenvalue weighted by Gasteiger charge is -2.17. The third-order valence-corrected chi connectivity index (χ3v) is 5.77. The molecule has 1 N–H and O–H groups in total. The highest BCUT2D eigenvalue weighted by atomic mass is 32.1. The average Bonchev–Trinajstić information content (AvgIpc) is 3.34. The molecule has 0 radical (unpaired) electrons. The molecule has 1 aromatic carbocycles. The highest BCUT2D eigenvalue weighted by molar-refractivity contribution is 7.17. The fourth-order valence-corrected chi connectivity index (χ4v) is 4.26. The van der Waals surface area contributed by atoms with Gasteiger partial charge in [0.05, 0.1) is 31.2 Å². The summed E-state index contributed by atoms with van der Waals surface area (Å²) in [5.41, 5.74) is 2.57. The predicted octanol–water partition coefficient (Wildman–Crippen LogP) is 4.58. The Bertz CT molecular complexity index is 1010. The molecule has 0 aliphatic heterocycles. The zero-order chi connectivity index (χ0) is 22.4. The third-order valence-electron chi connectivity index (χ3n) is 4.59. The summed E-state index contributed by atoms with van der Waals surface area (Å²) in [6, 6.07) is 7.71. The first-order valence-electron chi connectivity index (χ1n) is 10.4. The van der Waals surface area contributed by atoms with Crippen LogP contribution < -0.4 is 19.5 Å². The SMILES string of the molecule is CCOc1cc(CNC(=O)c2sc(-c3cccn3C)nc2C)cc(OCC)c1OCC. The van der Waals surface area contributed by atoms with Crippen molar-refractivity contribution in [1.82, 2.24) is 14.9 Å². The van der Waals surface area contributed by atoms with Crippen molar-refractivity contribution in [3.8, 4) is 28.0 Å². The second-order valence-electron chi connectivity index (χ2n) is 6.84. The summed E-state index contributed by atoms with van der Waals surface area (Å²) in [5, 5.41) is 3.82. The van der Waals surface area contributed by atoms with Gasteiger partial charge in [0.15, 0.2) is 11.5 Å². The first-order chi connectivity index (χ1) is 15.0. The zero-order valence-electron chi connectivity index (χ0n) is 18.7. The Labute approximate surface area is 187 Å². The highest BCUT2D eigenvalue weighted by Crippen LogP contribution is 2.39. The number of carbonyl (C=O) groups is 1. The van der Waals surface area contributed by atoms with Crippen LogP contribution in [-0.2, 0) is 13.6 Å². The number of rotatable bonds is 10. The molecule has 7 nitrogen and oxygen atoms in total. The van der Waals surface area contributed by atoms with Gasteiger partial charge in [0, 0.05) is 19.8 Å². The maximum Gasteiger partial charge on any atom is 0.263 e. The summed E-state index contributed by atoms with van der Waals surface area (Å²) in [6.45, 7) is 9.46. The summed E-state index contributed by atoms with van der Waals surface area (Å²) < 4.78 is 19.2. The fraction of sp³-hybridized carbons (Fsp3) is 0.391. The number of amides is 1. The standard InChI is InChI=1S/C23H29N3O4S/c1-6-28-18-12-16(13-19(29-7-2)20(18)30-8-3)14-24-22(27)21-15(4)25-23(31-21)17-10-9-11-26(17)5/h9-13H,6-8,14H2,1-5H3,(H,24,27). The number of hydrogen-bond donors (Lipinski definition) is 1. The van der Waals surface area contributed by atoms with Crippen LogP contribution in [0.15, 0.2) is 30.5 Å². The summed E-state index contributed by atoms with van der Waals surface area (Å²) in [6.07, 6.45) is 1.96. The van der Waals surface area contributed by atoms with E-state index in [1.807, 2.05) is 69.8 Å². The molecule has 0 unspecified atom stereocenters. The number of thiazole rings is 1. The van der Waals surface area contributed by atoms with Gasteiger partial charge in [-0.2, -0.15) is 0 Å². The Morgan fingerprint density at radius 2 is 1.74 bits per heavy atom. The van der Waals surface area contributed by atoms with Gasteiger partial charge in [-0.1, -0.05) is 0 Å². The van der Waals surface area contributed by atoms with Crippen molar-refractivity contribution < 1.29 is 19.0 Å². The van der Waals surface area contributed by atoms with Crippen molar-refractivity contribution in [2.24, 2.45) is 7.05 Å². The van der Waals surface area contributed by atoms with E-state index in [1.165, 1.54) is 11.3 Å². The number of carbonyl (C=O) groups excluding carboxylic acids is 1. The number of ether oxygens (including phenoxy) is 3. The lowest BCUT2D eigenvalue weighted by Crippen LogP contribution is -2.22. The van der Waals surface area contributed by atoms with Crippen LogP contribution in [0.3, 0.4) is 0 Å². The number of nitrogens with zero attached hydrogens (tertiary/aromatic N) is 2. The van der Waals surface area contributed by atoms with E-state index in [2.05, 4.69) is 10.3 Å². The van der Waals surface area contributed by atoms with E-state index < -0.39 is 0 Å². The summed E-state index contributed by atoms with van der Waals surface area (Å²) >= 11 is 1.39. The van der Waals surface area contributed by atoms with Crippen LogP contribution in [0.5, 0.6) is 17.2 Å². The molecule has 3 aromatic rings. The Morgan fingerprint density at radius 1 is 1.10 bits per heavy atom. The highest BCUT2D eigenvalue weighted by Gasteiger charge is 2.19. The van der Waals surface area contributed by atoms with Gasteiger partial charge in [-0.3, -0.25) is 4.79 Å². The topological polar surface area (TPSA) is 74.6 Å². The summed E-state index contributed by atoms with van der Waals surface area (Å²) in [7, 11) is 1.96. The average molecular weight is 444 g/mol. The van der Waals surface area contributed by atoms with Gasteiger partial charge >= 0.3 is 0 Å². The molecule has 0 aliphatic carbocycles. The number of nitrogens with one attached hydrogen (secondary N) is 1. The first kappa shape index (κ1) is 22.7. The molecular formula is C23H29N3O4S. The van der Waals surface area contributed by atoms with Crippen molar-refractivity contribution in [3.63, 3.8) is 0 Å². The van der Waals surface area contributed by atoms with Gasteiger partial charge < -0.3 is 24.1 Å². The number of hydrogen-bond acceptors (Lipinski definition) is 6. The van der Waals surface area contributed by atoms with Crippen molar-refractivity contribution in [1.29, 1.82) is 0 Å². The lowest BCUT2D eigenvalue weighted by molar-refractivity contribution is 0.0954. The van der Waals surface area contributed by atoms with Gasteiger partial charge in [-0.25, -0.2) is 4.98 Å². The molecule has 3 rings (SSSR count). The van der Waals surface area contributed by atoms with Gasteiger partial charge in [-0.05, 0) is 57.5 Å². The minimum atomic E-state index is -0.153. The van der Waals surface area contributed by atoms with Crippen molar-refractivity contribution >= 4 is 17.2 Å². The van der Waals surface area contributed by atoms with E-state index in [-0.39, 0.29) is 5.91 Å². The van der Waals surface area contributed by atoms with Crippen LogP contribution in [0.4, 0.5) is 0 Å². The van der Waals surface area contributed by atoms with Crippen LogP contribution in [0, 0.1) is 6.92 Å². The molecule has 0 spiro atoms. The van der Waals surface area contributed by atoms with Gasteiger partial charge in [-0.15, -0.1) is 11.3 Å². The quantitative estimate of drug-likeness (QED) is 0.496. The zero-order valence-corrected chi connectivity index (χ0v) is 19.5. The van der Waals surface area contributed by atoms with Crippen molar-refractivity contribution in [2.75, 3.05) is 19.8 Å². The number of aryl methyl sites for hydroxylation is 2. The van der Waals surface area contributed by atoms with E-state index in [0.717, 1.165) is 22.0 Å². The first-order valence-corrected chi connectivity index (χ1v) is 11.2. The molecule has 0 saturated heterocycles. The molecule has 0 atom stereocenters. The largest absolute Gasteiger partial charge is 0.490 e.